The quantitative estimate of drug-likeness (QED) is 0.551. The molecule has 1 heterocycles. The Kier molecular flexibility index (Phi) is 4.49. The highest BCUT2D eigenvalue weighted by Crippen LogP contribution is 2.25. The number of nitrogens with one attached hydrogen (secondary N) is 2. The zero-order valence-corrected chi connectivity index (χ0v) is 13.9. The first-order valence-corrected chi connectivity index (χ1v) is 7.75. The zero-order valence-electron chi connectivity index (χ0n) is 13.9. The highest BCUT2D eigenvalue weighted by molar-refractivity contribution is 6.06. The average Bonchev–Trinajstić information content (AvgIpc) is 3.00. The molecule has 0 saturated carbocycles. The summed E-state index contributed by atoms with van der Waals surface area (Å²) in [5, 5.41) is 14.5. The van der Waals surface area contributed by atoms with E-state index in [-0.39, 0.29) is 17.3 Å². The molecule has 0 saturated heterocycles. The normalized spacial score (nSPS) is 11.0. The Balaban J connectivity index is 1.80. The van der Waals surface area contributed by atoms with Crippen LogP contribution in [0.15, 0.2) is 48.5 Å². The molecular formula is C18H18N4O3. The van der Waals surface area contributed by atoms with Crippen LogP contribution in [0.1, 0.15) is 16.1 Å². The molecule has 0 spiro atoms. The Morgan fingerprint density at radius 1 is 1.20 bits per heavy atom. The van der Waals surface area contributed by atoms with Gasteiger partial charge in [-0.3, -0.25) is 14.9 Å². The van der Waals surface area contributed by atoms with E-state index in [0.29, 0.717) is 16.6 Å². The van der Waals surface area contributed by atoms with Crippen LogP contribution in [0.25, 0.3) is 10.9 Å². The molecule has 0 aliphatic carbocycles. The number of benzene rings is 2. The minimum absolute atomic E-state index is 0.0513. The summed E-state index contributed by atoms with van der Waals surface area (Å²) >= 11 is 0. The predicted molar refractivity (Wildman–Crippen MR) is 96.7 cm³/mol. The van der Waals surface area contributed by atoms with E-state index in [1.807, 2.05) is 38.4 Å². The largest absolute Gasteiger partial charge is 0.345 e. The van der Waals surface area contributed by atoms with Gasteiger partial charge < -0.3 is 15.2 Å². The third-order valence-electron chi connectivity index (χ3n) is 3.79. The molecule has 1 aromatic heterocycles. The van der Waals surface area contributed by atoms with Gasteiger partial charge in [-0.2, -0.15) is 0 Å². The molecule has 3 aromatic rings. The lowest BCUT2D eigenvalue weighted by Crippen LogP contribution is -2.13. The topological polar surface area (TPSA) is 91.3 Å². The SMILES string of the molecule is CN(C)Cc1ccc(NC(=O)c2cc3cccc([N+](=O)[O-])c3[nH]2)cc1. The maximum Gasteiger partial charge on any atom is 0.293 e. The number of H-pyrrole nitrogens is 1. The molecule has 0 aliphatic heterocycles. The molecule has 2 N–H and O–H groups in total. The van der Waals surface area contributed by atoms with Gasteiger partial charge in [-0.25, -0.2) is 0 Å². The van der Waals surface area contributed by atoms with E-state index in [0.717, 1.165) is 12.1 Å². The number of aromatic amines is 1. The van der Waals surface area contributed by atoms with Crippen molar-refractivity contribution in [3.63, 3.8) is 0 Å². The van der Waals surface area contributed by atoms with E-state index in [9.17, 15) is 14.9 Å². The summed E-state index contributed by atoms with van der Waals surface area (Å²) in [5.41, 5.74) is 2.38. The van der Waals surface area contributed by atoms with Crippen LogP contribution in [0, 0.1) is 10.1 Å². The Hall–Kier alpha value is -3.19. The molecule has 128 valence electrons. The highest BCUT2D eigenvalue weighted by Gasteiger charge is 2.17. The first-order chi connectivity index (χ1) is 11.9. The molecule has 2 aromatic carbocycles. The van der Waals surface area contributed by atoms with Crippen LogP contribution in [0.4, 0.5) is 11.4 Å². The predicted octanol–water partition coefficient (Wildman–Crippen LogP) is 3.39. The van der Waals surface area contributed by atoms with Crippen molar-refractivity contribution in [1.29, 1.82) is 0 Å². The van der Waals surface area contributed by atoms with Crippen molar-refractivity contribution in [3.05, 3.63) is 69.9 Å². The van der Waals surface area contributed by atoms with Crippen LogP contribution in [-0.2, 0) is 6.54 Å². The Bertz CT molecular complexity index is 929. The molecule has 0 bridgehead atoms. The van der Waals surface area contributed by atoms with Crippen LogP contribution in [0.2, 0.25) is 0 Å². The standard InChI is InChI=1S/C18H18N4O3/c1-21(2)11-12-6-8-14(9-7-12)19-18(23)15-10-13-4-3-5-16(22(24)25)17(13)20-15/h3-10,20H,11H2,1-2H3,(H,19,23). The fourth-order valence-corrected chi connectivity index (χ4v) is 2.67. The Morgan fingerprint density at radius 2 is 1.92 bits per heavy atom. The van der Waals surface area contributed by atoms with Crippen molar-refractivity contribution in [1.82, 2.24) is 9.88 Å². The molecule has 7 heteroatoms. The van der Waals surface area contributed by atoms with Crippen molar-refractivity contribution >= 4 is 28.2 Å². The van der Waals surface area contributed by atoms with Crippen molar-refractivity contribution < 1.29 is 9.72 Å². The summed E-state index contributed by atoms with van der Waals surface area (Å²) in [5.74, 6) is -0.342. The summed E-state index contributed by atoms with van der Waals surface area (Å²) in [6, 6.07) is 13.9. The van der Waals surface area contributed by atoms with Gasteiger partial charge in [0.2, 0.25) is 0 Å². The van der Waals surface area contributed by atoms with E-state index in [4.69, 9.17) is 0 Å². The lowest BCUT2D eigenvalue weighted by molar-refractivity contribution is -0.383. The lowest BCUT2D eigenvalue weighted by Gasteiger charge is -2.10. The molecule has 0 atom stereocenters. The van der Waals surface area contributed by atoms with Gasteiger partial charge in [0, 0.05) is 23.7 Å². The minimum atomic E-state index is -0.468. The molecule has 25 heavy (non-hydrogen) atoms. The highest BCUT2D eigenvalue weighted by atomic mass is 16.6. The fraction of sp³-hybridized carbons (Fsp3) is 0.167. The smallest absolute Gasteiger partial charge is 0.293 e. The molecule has 7 nitrogen and oxygen atoms in total. The molecule has 0 unspecified atom stereocenters. The number of nitro benzene ring substituents is 1. The van der Waals surface area contributed by atoms with Crippen molar-refractivity contribution in [2.75, 3.05) is 19.4 Å². The van der Waals surface area contributed by atoms with Crippen LogP contribution >= 0.6 is 0 Å². The summed E-state index contributed by atoms with van der Waals surface area (Å²) in [4.78, 5) is 27.9. The minimum Gasteiger partial charge on any atom is -0.345 e. The van der Waals surface area contributed by atoms with Gasteiger partial charge in [0.15, 0.2) is 0 Å². The summed E-state index contributed by atoms with van der Waals surface area (Å²) in [7, 11) is 3.98. The maximum absolute atomic E-state index is 12.4. The van der Waals surface area contributed by atoms with E-state index in [1.165, 1.54) is 6.07 Å². The molecule has 1 amide bonds. The average molecular weight is 338 g/mol. The number of hydrogen-bond donors (Lipinski definition) is 2. The molecule has 0 radical (unpaired) electrons. The van der Waals surface area contributed by atoms with Crippen LogP contribution in [0.5, 0.6) is 0 Å². The van der Waals surface area contributed by atoms with E-state index >= 15 is 0 Å². The third-order valence-corrected chi connectivity index (χ3v) is 3.79. The van der Waals surface area contributed by atoms with Gasteiger partial charge in [-0.05, 0) is 37.9 Å². The second-order valence-electron chi connectivity index (χ2n) is 6.07. The summed E-state index contributed by atoms with van der Waals surface area (Å²) < 4.78 is 0. The van der Waals surface area contributed by atoms with Crippen molar-refractivity contribution in [2.24, 2.45) is 0 Å². The Labute approximate surface area is 144 Å². The number of anilines is 1. The third kappa shape index (κ3) is 3.67. The molecule has 3 rings (SSSR count). The summed E-state index contributed by atoms with van der Waals surface area (Å²) in [6.45, 7) is 0.819. The maximum atomic E-state index is 12.4. The fourth-order valence-electron chi connectivity index (χ4n) is 2.67. The van der Waals surface area contributed by atoms with Gasteiger partial charge in [-0.1, -0.05) is 24.3 Å². The number of amides is 1. The second kappa shape index (κ2) is 6.74. The lowest BCUT2D eigenvalue weighted by atomic mass is 10.2. The van der Waals surface area contributed by atoms with Gasteiger partial charge in [-0.15, -0.1) is 0 Å². The molecule has 0 fully saturated rings. The van der Waals surface area contributed by atoms with Crippen LogP contribution < -0.4 is 5.32 Å². The van der Waals surface area contributed by atoms with Crippen molar-refractivity contribution in [2.45, 2.75) is 6.54 Å². The number of carbonyl (C=O) groups is 1. The van der Waals surface area contributed by atoms with Crippen molar-refractivity contribution in [3.8, 4) is 0 Å². The van der Waals surface area contributed by atoms with E-state index in [2.05, 4.69) is 15.2 Å². The second-order valence-corrected chi connectivity index (χ2v) is 6.07. The van der Waals surface area contributed by atoms with Gasteiger partial charge in [0.1, 0.15) is 11.2 Å². The number of para-hydroxylation sites is 1. The van der Waals surface area contributed by atoms with Gasteiger partial charge in [0.25, 0.3) is 11.6 Å². The van der Waals surface area contributed by atoms with Gasteiger partial charge in [0.05, 0.1) is 4.92 Å². The number of nitro groups is 1. The summed E-state index contributed by atoms with van der Waals surface area (Å²) in [6.07, 6.45) is 0. The van der Waals surface area contributed by atoms with E-state index < -0.39 is 4.92 Å². The first kappa shape index (κ1) is 16.7. The number of non-ortho nitro benzene ring substituents is 1. The number of aromatic nitrogens is 1. The number of hydrogen-bond acceptors (Lipinski definition) is 4. The first-order valence-electron chi connectivity index (χ1n) is 7.75. The number of rotatable bonds is 5. The molecular weight excluding hydrogens is 320 g/mol. The zero-order chi connectivity index (χ0) is 18.0. The van der Waals surface area contributed by atoms with Crippen LogP contribution in [-0.4, -0.2) is 34.8 Å². The van der Waals surface area contributed by atoms with Gasteiger partial charge >= 0.3 is 0 Å². The van der Waals surface area contributed by atoms with Crippen LogP contribution in [0.3, 0.4) is 0 Å². The van der Waals surface area contributed by atoms with E-state index in [1.54, 1.807) is 18.2 Å². The Morgan fingerprint density at radius 3 is 2.56 bits per heavy atom. The molecule has 0 aliphatic rings. The number of carbonyl (C=O) groups excluding carboxylic acids is 1. The number of fused-ring (bicyclic) bond motifs is 1. The number of nitrogens with zero attached hydrogens (tertiary/aromatic N) is 2. The monoisotopic (exact) mass is 338 g/mol.